The van der Waals surface area contributed by atoms with Gasteiger partial charge in [-0.3, -0.25) is 0 Å². The van der Waals surface area contributed by atoms with E-state index in [1.165, 1.54) is 18.4 Å². The quantitative estimate of drug-likeness (QED) is 0.662. The lowest BCUT2D eigenvalue weighted by Gasteiger charge is -2.29. The molecule has 0 unspecified atom stereocenters. The highest BCUT2D eigenvalue weighted by Gasteiger charge is 2.21. The smallest absolute Gasteiger partial charge is 0.158 e. The van der Waals surface area contributed by atoms with Crippen molar-refractivity contribution in [1.82, 2.24) is 0 Å². The molecule has 16 heavy (non-hydrogen) atoms. The summed E-state index contributed by atoms with van der Waals surface area (Å²) < 4.78 is 11.4. The van der Waals surface area contributed by atoms with Gasteiger partial charge in [0.1, 0.15) is 0 Å². The average Bonchev–Trinajstić information content (AvgIpc) is 2.16. The van der Waals surface area contributed by atoms with Crippen LogP contribution in [0, 0.1) is 5.92 Å². The Morgan fingerprint density at radius 2 is 2.19 bits per heavy atom. The summed E-state index contributed by atoms with van der Waals surface area (Å²) in [4.78, 5) is 0. The summed E-state index contributed by atoms with van der Waals surface area (Å²) in [7, 11) is 0. The van der Waals surface area contributed by atoms with E-state index in [0.717, 1.165) is 19.4 Å². The largest absolute Gasteiger partial charge is 0.353 e. The molecule has 1 fully saturated rings. The Morgan fingerprint density at radius 1 is 1.44 bits per heavy atom. The lowest BCUT2D eigenvalue weighted by Crippen LogP contribution is -2.31. The Kier molecular flexibility index (Phi) is 6.07. The van der Waals surface area contributed by atoms with Gasteiger partial charge in [0.25, 0.3) is 0 Å². The minimum Gasteiger partial charge on any atom is -0.353 e. The maximum absolute atomic E-state index is 5.75. The molecule has 2 heteroatoms. The van der Waals surface area contributed by atoms with Crippen LogP contribution < -0.4 is 0 Å². The Morgan fingerprint density at radius 3 is 2.81 bits per heavy atom. The highest BCUT2D eigenvalue weighted by molar-refractivity contribution is 4.92. The van der Waals surface area contributed by atoms with E-state index in [1.807, 2.05) is 0 Å². The van der Waals surface area contributed by atoms with E-state index in [9.17, 15) is 0 Å². The first kappa shape index (κ1) is 13.7. The van der Waals surface area contributed by atoms with E-state index in [4.69, 9.17) is 9.47 Å². The molecule has 0 aromatic heterocycles. The van der Waals surface area contributed by atoms with Crippen molar-refractivity contribution in [2.24, 2.45) is 5.92 Å². The molecule has 0 bridgehead atoms. The molecule has 0 aromatic carbocycles. The molecule has 94 valence electrons. The minimum atomic E-state index is 0.0328. The summed E-state index contributed by atoms with van der Waals surface area (Å²) in [5.74, 6) is 0.672. The molecule has 0 saturated carbocycles. The monoisotopic (exact) mass is 226 g/mol. The highest BCUT2D eigenvalue weighted by Crippen LogP contribution is 2.21. The van der Waals surface area contributed by atoms with Gasteiger partial charge in [-0.15, -0.1) is 0 Å². The Hall–Kier alpha value is -0.340. The van der Waals surface area contributed by atoms with Gasteiger partial charge in [0.2, 0.25) is 0 Å². The molecule has 0 spiro atoms. The van der Waals surface area contributed by atoms with Gasteiger partial charge in [0.05, 0.1) is 12.7 Å². The van der Waals surface area contributed by atoms with Gasteiger partial charge < -0.3 is 9.47 Å². The average molecular weight is 226 g/mol. The molecule has 0 N–H and O–H groups in total. The number of rotatable bonds is 5. The van der Waals surface area contributed by atoms with Crippen molar-refractivity contribution >= 4 is 0 Å². The van der Waals surface area contributed by atoms with Crippen molar-refractivity contribution in [2.75, 3.05) is 6.61 Å². The van der Waals surface area contributed by atoms with Crippen LogP contribution in [0.15, 0.2) is 11.6 Å². The van der Waals surface area contributed by atoms with E-state index in [0.29, 0.717) is 12.0 Å². The zero-order chi connectivity index (χ0) is 12.0. The van der Waals surface area contributed by atoms with Crippen LogP contribution in [0.2, 0.25) is 0 Å². The third-order valence-corrected chi connectivity index (χ3v) is 3.02. The SMILES string of the molecule is CC(C)=CCC[C@H](C)C[C@@H]1OCC[C@H](C)O1. The fourth-order valence-corrected chi connectivity index (χ4v) is 1.96. The summed E-state index contributed by atoms with van der Waals surface area (Å²) in [6.45, 7) is 9.57. The Labute approximate surface area is 100 Å². The van der Waals surface area contributed by atoms with Crippen molar-refractivity contribution in [1.29, 1.82) is 0 Å². The van der Waals surface area contributed by atoms with Crippen LogP contribution in [0.4, 0.5) is 0 Å². The normalized spacial score (nSPS) is 27.5. The number of hydrogen-bond donors (Lipinski definition) is 0. The second-order valence-electron chi connectivity index (χ2n) is 5.24. The molecule has 0 amide bonds. The first-order valence-corrected chi connectivity index (χ1v) is 6.48. The standard InChI is InChI=1S/C14H26O2/c1-11(2)6-5-7-12(3)10-14-15-9-8-13(4)16-14/h6,12-14H,5,7-10H2,1-4H3/t12-,13-,14+/m0/s1. The van der Waals surface area contributed by atoms with Crippen molar-refractivity contribution in [3.05, 3.63) is 11.6 Å². The molecular weight excluding hydrogens is 200 g/mol. The zero-order valence-electron chi connectivity index (χ0n) is 11.2. The molecule has 1 saturated heterocycles. The predicted molar refractivity (Wildman–Crippen MR) is 67.4 cm³/mol. The van der Waals surface area contributed by atoms with Gasteiger partial charge >= 0.3 is 0 Å². The molecule has 0 aliphatic carbocycles. The predicted octanol–water partition coefficient (Wildman–Crippen LogP) is 3.91. The van der Waals surface area contributed by atoms with Gasteiger partial charge in [0, 0.05) is 6.42 Å². The van der Waals surface area contributed by atoms with Gasteiger partial charge in [-0.25, -0.2) is 0 Å². The molecule has 1 rings (SSSR count). The van der Waals surface area contributed by atoms with E-state index in [-0.39, 0.29) is 6.29 Å². The van der Waals surface area contributed by atoms with Gasteiger partial charge in [0.15, 0.2) is 6.29 Å². The maximum Gasteiger partial charge on any atom is 0.158 e. The molecule has 1 heterocycles. The molecule has 0 radical (unpaired) electrons. The molecular formula is C14H26O2. The molecule has 0 aromatic rings. The summed E-state index contributed by atoms with van der Waals surface area (Å²) in [6, 6.07) is 0. The highest BCUT2D eigenvalue weighted by atomic mass is 16.7. The minimum absolute atomic E-state index is 0.0328. The second kappa shape index (κ2) is 7.08. The summed E-state index contributed by atoms with van der Waals surface area (Å²) >= 11 is 0. The summed E-state index contributed by atoms with van der Waals surface area (Å²) in [5.41, 5.74) is 1.41. The van der Waals surface area contributed by atoms with Crippen LogP contribution in [-0.4, -0.2) is 19.0 Å². The van der Waals surface area contributed by atoms with Crippen molar-refractivity contribution in [3.63, 3.8) is 0 Å². The van der Waals surface area contributed by atoms with Gasteiger partial charge in [-0.2, -0.15) is 0 Å². The third kappa shape index (κ3) is 5.66. The van der Waals surface area contributed by atoms with Gasteiger partial charge in [-0.1, -0.05) is 18.6 Å². The fourth-order valence-electron chi connectivity index (χ4n) is 1.96. The van der Waals surface area contributed by atoms with E-state index in [2.05, 4.69) is 33.8 Å². The Balaban J connectivity index is 2.17. The lowest BCUT2D eigenvalue weighted by atomic mass is 10.0. The zero-order valence-corrected chi connectivity index (χ0v) is 11.2. The molecule has 2 nitrogen and oxygen atoms in total. The van der Waals surface area contributed by atoms with E-state index < -0.39 is 0 Å². The molecule has 3 atom stereocenters. The summed E-state index contributed by atoms with van der Waals surface area (Å²) in [5, 5.41) is 0. The van der Waals surface area contributed by atoms with E-state index in [1.54, 1.807) is 0 Å². The van der Waals surface area contributed by atoms with Crippen LogP contribution in [0.5, 0.6) is 0 Å². The van der Waals surface area contributed by atoms with Crippen molar-refractivity contribution in [2.45, 2.75) is 65.8 Å². The number of ether oxygens (including phenoxy) is 2. The third-order valence-electron chi connectivity index (χ3n) is 3.02. The van der Waals surface area contributed by atoms with Gasteiger partial charge in [-0.05, 0) is 46.0 Å². The summed E-state index contributed by atoms with van der Waals surface area (Å²) in [6.07, 6.45) is 7.16. The van der Waals surface area contributed by atoms with Crippen LogP contribution in [0.3, 0.4) is 0 Å². The topological polar surface area (TPSA) is 18.5 Å². The van der Waals surface area contributed by atoms with Crippen LogP contribution in [-0.2, 0) is 9.47 Å². The lowest BCUT2D eigenvalue weighted by molar-refractivity contribution is -0.214. The molecule has 1 aliphatic rings. The number of hydrogen-bond acceptors (Lipinski definition) is 2. The maximum atomic E-state index is 5.75. The van der Waals surface area contributed by atoms with Crippen molar-refractivity contribution in [3.8, 4) is 0 Å². The van der Waals surface area contributed by atoms with Crippen LogP contribution >= 0.6 is 0 Å². The van der Waals surface area contributed by atoms with E-state index >= 15 is 0 Å². The Bertz CT molecular complexity index is 219. The first-order chi connectivity index (χ1) is 7.58. The van der Waals surface area contributed by atoms with Crippen LogP contribution in [0.1, 0.15) is 53.4 Å². The first-order valence-electron chi connectivity index (χ1n) is 6.48. The molecule has 1 aliphatic heterocycles. The van der Waals surface area contributed by atoms with Crippen molar-refractivity contribution < 1.29 is 9.47 Å². The van der Waals surface area contributed by atoms with Crippen LogP contribution in [0.25, 0.3) is 0 Å². The fraction of sp³-hybridized carbons (Fsp3) is 0.857. The number of allylic oxidation sites excluding steroid dienone is 2. The second-order valence-corrected chi connectivity index (χ2v) is 5.24.